The zero-order valence-electron chi connectivity index (χ0n) is 24.1. The molecule has 1 aliphatic heterocycles. The van der Waals surface area contributed by atoms with Gasteiger partial charge in [-0.15, -0.1) is 0 Å². The van der Waals surface area contributed by atoms with Crippen LogP contribution in [0.25, 0.3) is 5.57 Å². The Morgan fingerprint density at radius 3 is 1.58 bits per heavy atom. The minimum atomic E-state index is -1.88. The number of nitrogens with zero attached hydrogens (tertiary/aromatic N) is 3. The van der Waals surface area contributed by atoms with E-state index >= 15 is 0 Å². The van der Waals surface area contributed by atoms with E-state index in [0.717, 1.165) is 17.2 Å². The number of rotatable bonds is 3. The first-order valence-electron chi connectivity index (χ1n) is 14.0. The Kier molecular flexibility index (Phi) is 11.0. The fourth-order valence-corrected chi connectivity index (χ4v) is 7.49. The summed E-state index contributed by atoms with van der Waals surface area (Å²) in [6, 6.07) is 41.3. The average molecular weight is 692 g/mol. The maximum absolute atomic E-state index is 6.19. The van der Waals surface area contributed by atoms with E-state index in [0.29, 0.717) is 0 Å². The van der Waals surface area contributed by atoms with Crippen LogP contribution < -0.4 is 9.80 Å². The van der Waals surface area contributed by atoms with Crippen LogP contribution in [0, 0.1) is 20.5 Å². The average Bonchev–Trinajstić information content (AvgIpc) is 3.70. The van der Waals surface area contributed by atoms with Crippen LogP contribution in [-0.2, 0) is 13.5 Å². The molecule has 0 bridgehead atoms. The van der Waals surface area contributed by atoms with Gasteiger partial charge < -0.3 is 9.80 Å². The van der Waals surface area contributed by atoms with Crippen molar-refractivity contribution in [1.29, 1.82) is 0 Å². The second-order valence-electron chi connectivity index (χ2n) is 9.99. The standard InChI is InChI=1S/C17H18N2.C15H10.C5H5N.2ClH.Ru/c1-14-7-3-5-9-16(14)18-11-12-19(13-18)17-10-6-4-8-15(17)2;1-2-6-12(7-3-1)15-11-10-13-8-4-5-9-14(13)15;1-2-4-6-5-3-1;;;/h3-10H,11-12H2,1-2H3;1-9,11H;1-5H;2*1H;/q;;;;;+2/p-2. The van der Waals surface area contributed by atoms with Gasteiger partial charge in [0.05, 0.1) is 0 Å². The largest absolute Gasteiger partial charge is 0.265 e. The van der Waals surface area contributed by atoms with Crippen molar-refractivity contribution in [3.63, 3.8) is 0 Å². The number of fused-ring (bicyclic) bond motifs is 1. The van der Waals surface area contributed by atoms with Crippen LogP contribution in [0.2, 0.25) is 0 Å². The van der Waals surface area contributed by atoms with E-state index in [1.807, 2.05) is 42.5 Å². The Labute approximate surface area is 268 Å². The van der Waals surface area contributed by atoms with Crippen molar-refractivity contribution >= 4 is 40.4 Å². The predicted octanol–water partition coefficient (Wildman–Crippen LogP) is 9.29. The van der Waals surface area contributed by atoms with Gasteiger partial charge in [-0.05, 0) is 49.2 Å². The van der Waals surface area contributed by atoms with Crippen molar-refractivity contribution in [3.8, 4) is 0 Å². The molecule has 0 amide bonds. The van der Waals surface area contributed by atoms with Gasteiger partial charge in [0.2, 0.25) is 6.67 Å². The third-order valence-corrected chi connectivity index (χ3v) is 10.3. The quantitative estimate of drug-likeness (QED) is 0.176. The molecular formula is C37H33Cl2N3Ru. The van der Waals surface area contributed by atoms with Crippen LogP contribution in [-0.4, -0.2) is 22.2 Å². The number of halogens is 2. The number of anilines is 2. The van der Waals surface area contributed by atoms with Gasteiger partial charge in [-0.3, -0.25) is 4.98 Å². The number of para-hydroxylation sites is 2. The zero-order valence-corrected chi connectivity index (χ0v) is 27.4. The van der Waals surface area contributed by atoms with Crippen LogP contribution in [0.1, 0.15) is 27.8 Å². The summed E-state index contributed by atoms with van der Waals surface area (Å²) in [7, 11) is 12.4. The molecule has 2 heterocycles. The molecule has 7 rings (SSSR count). The third kappa shape index (κ3) is 7.89. The van der Waals surface area contributed by atoms with Gasteiger partial charge in [-0.2, -0.15) is 0 Å². The number of aryl methyl sites for hydroxylation is 2. The molecule has 6 heteroatoms. The fourth-order valence-electron chi connectivity index (χ4n) is 5.01. The molecular weight excluding hydrogens is 658 g/mol. The molecule has 2 radical (unpaired) electrons. The maximum atomic E-state index is 6.19. The first kappa shape index (κ1) is 30.9. The van der Waals surface area contributed by atoms with E-state index in [2.05, 4.69) is 120 Å². The Balaban J connectivity index is 0.000000144. The molecule has 2 aliphatic rings. The number of hydrogen-bond donors (Lipinski definition) is 0. The summed E-state index contributed by atoms with van der Waals surface area (Å²) in [6.45, 7) is 9.74. The van der Waals surface area contributed by atoms with Crippen molar-refractivity contribution in [2.24, 2.45) is 0 Å². The third-order valence-electron chi connectivity index (χ3n) is 7.13. The van der Waals surface area contributed by atoms with E-state index in [9.17, 15) is 0 Å². The Hall–Kier alpha value is -3.56. The van der Waals surface area contributed by atoms with Gasteiger partial charge in [0.15, 0.2) is 0 Å². The monoisotopic (exact) mass is 691 g/mol. The Bertz CT molecular complexity index is 1620. The van der Waals surface area contributed by atoms with Gasteiger partial charge in [-0.25, -0.2) is 0 Å². The number of benzene rings is 4. The molecule has 3 nitrogen and oxygen atoms in total. The van der Waals surface area contributed by atoms with E-state index in [1.54, 1.807) is 12.4 Å². The minimum absolute atomic E-state index is 0.985. The smallest absolute Gasteiger partial charge is 0.0267 e. The maximum Gasteiger partial charge on any atom is 0.0267 e. The number of aromatic nitrogens is 1. The topological polar surface area (TPSA) is 19.4 Å². The summed E-state index contributed by atoms with van der Waals surface area (Å²) in [5.41, 5.74) is 9.95. The SMILES string of the molecule is Cc1ccccc1N1[C]N(c2ccccc2C)CC1.[Cl][Ru]([Cl])=[C]1C=C(c2ccccc2)c2ccccc21.c1ccncc1. The number of allylic oxidation sites excluding steroid dienone is 1. The van der Waals surface area contributed by atoms with Gasteiger partial charge in [0, 0.05) is 36.9 Å². The van der Waals surface area contributed by atoms with Crippen LogP contribution in [0.5, 0.6) is 0 Å². The molecule has 43 heavy (non-hydrogen) atoms. The second kappa shape index (κ2) is 15.3. The van der Waals surface area contributed by atoms with Gasteiger partial charge in [0.1, 0.15) is 0 Å². The normalized spacial score (nSPS) is 13.7. The van der Waals surface area contributed by atoms with Crippen LogP contribution in [0.3, 0.4) is 0 Å². The molecule has 4 aromatic carbocycles. The summed E-state index contributed by atoms with van der Waals surface area (Å²) in [6.07, 6.45) is 5.65. The number of hydrogen-bond acceptors (Lipinski definition) is 3. The van der Waals surface area contributed by atoms with Crippen molar-refractivity contribution < 1.29 is 13.5 Å². The first-order valence-corrected chi connectivity index (χ1v) is 19.4. The van der Waals surface area contributed by atoms with Gasteiger partial charge >= 0.3 is 120 Å². The first-order chi connectivity index (χ1) is 21.0. The molecule has 0 unspecified atom stereocenters. The summed E-state index contributed by atoms with van der Waals surface area (Å²) in [5.74, 6) is 0. The van der Waals surface area contributed by atoms with Gasteiger partial charge in [-0.1, -0.05) is 42.5 Å². The van der Waals surface area contributed by atoms with Crippen molar-refractivity contribution in [1.82, 2.24) is 4.98 Å². The molecule has 5 aromatic rings. The molecule has 0 saturated carbocycles. The molecule has 1 aliphatic carbocycles. The van der Waals surface area contributed by atoms with Gasteiger partial charge in [0.25, 0.3) is 0 Å². The summed E-state index contributed by atoms with van der Waals surface area (Å²) in [5, 5.41) is 0. The van der Waals surface area contributed by atoms with Crippen LogP contribution >= 0.6 is 19.4 Å². The molecule has 1 fully saturated rings. The molecule has 1 saturated heterocycles. The molecule has 0 atom stereocenters. The van der Waals surface area contributed by atoms with E-state index in [4.69, 9.17) is 19.4 Å². The van der Waals surface area contributed by atoms with Crippen LogP contribution in [0.4, 0.5) is 11.4 Å². The van der Waals surface area contributed by atoms with Crippen molar-refractivity contribution in [2.45, 2.75) is 13.8 Å². The fraction of sp³-hybridized carbons (Fsp3) is 0.108. The van der Waals surface area contributed by atoms with Crippen molar-refractivity contribution in [2.75, 3.05) is 22.9 Å². The van der Waals surface area contributed by atoms with E-state index in [-0.39, 0.29) is 0 Å². The zero-order chi connectivity index (χ0) is 30.0. The number of pyridine rings is 1. The molecule has 1 aromatic heterocycles. The minimum Gasteiger partial charge on any atom is -0.265 e. The summed E-state index contributed by atoms with van der Waals surface area (Å²) in [4.78, 5) is 8.20. The Morgan fingerprint density at radius 2 is 1.09 bits per heavy atom. The van der Waals surface area contributed by atoms with Crippen molar-refractivity contribution in [3.05, 3.63) is 174 Å². The van der Waals surface area contributed by atoms with E-state index in [1.165, 1.54) is 44.8 Å². The second-order valence-corrected chi connectivity index (χ2v) is 15.8. The predicted molar refractivity (Wildman–Crippen MR) is 180 cm³/mol. The molecule has 218 valence electrons. The summed E-state index contributed by atoms with van der Waals surface area (Å²) < 4.78 is 1.12. The van der Waals surface area contributed by atoms with Crippen LogP contribution in [0.15, 0.2) is 140 Å². The van der Waals surface area contributed by atoms with E-state index < -0.39 is 13.5 Å². The summed E-state index contributed by atoms with van der Waals surface area (Å²) >= 11 is -1.88. The molecule has 0 N–H and O–H groups in total. The molecule has 0 spiro atoms. The Morgan fingerprint density at radius 1 is 0.605 bits per heavy atom.